The molecule has 1 amide bonds. The third-order valence-electron chi connectivity index (χ3n) is 6.17. The van der Waals surface area contributed by atoms with Crippen LogP contribution in [0.1, 0.15) is 48.6 Å². The van der Waals surface area contributed by atoms with E-state index in [1.807, 2.05) is 12.3 Å². The molecule has 0 radical (unpaired) electrons. The Hall–Kier alpha value is -2.62. The monoisotopic (exact) mass is 375 g/mol. The van der Waals surface area contributed by atoms with Gasteiger partial charge in [-0.15, -0.1) is 0 Å². The van der Waals surface area contributed by atoms with Crippen LogP contribution in [0.2, 0.25) is 0 Å². The number of imidazole rings is 1. The summed E-state index contributed by atoms with van der Waals surface area (Å²) in [6.07, 6.45) is 5.83. The van der Waals surface area contributed by atoms with Crippen LogP contribution in [0.4, 0.5) is 0 Å². The van der Waals surface area contributed by atoms with Crippen LogP contribution in [0, 0.1) is 20.8 Å². The smallest absolute Gasteiger partial charge is 0.228 e. The predicted molar refractivity (Wildman–Crippen MR) is 114 cm³/mol. The number of carbonyl (C=O) groups excluding carboxylic acids is 1. The number of nitrogens with zero attached hydrogens (tertiary/aromatic N) is 3. The number of benzene rings is 1. The molecule has 1 aliphatic heterocycles. The summed E-state index contributed by atoms with van der Waals surface area (Å²) in [5.74, 6) is 0.209. The normalized spacial score (nSPS) is 17.3. The number of pyridine rings is 1. The number of carbonyl (C=O) groups is 1. The van der Waals surface area contributed by atoms with Crippen molar-refractivity contribution in [1.29, 1.82) is 0 Å². The first-order valence-corrected chi connectivity index (χ1v) is 10.3. The quantitative estimate of drug-likeness (QED) is 0.655. The summed E-state index contributed by atoms with van der Waals surface area (Å²) in [5, 5.41) is 0. The second-order valence-corrected chi connectivity index (χ2v) is 8.20. The van der Waals surface area contributed by atoms with E-state index in [4.69, 9.17) is 4.98 Å². The molecule has 0 spiro atoms. The summed E-state index contributed by atoms with van der Waals surface area (Å²) < 4.78 is 2.10. The molecule has 0 aliphatic carbocycles. The van der Waals surface area contributed by atoms with Crippen molar-refractivity contribution in [3.05, 3.63) is 58.9 Å². The van der Waals surface area contributed by atoms with E-state index in [9.17, 15) is 4.79 Å². The highest BCUT2D eigenvalue weighted by Gasteiger charge is 2.26. The summed E-state index contributed by atoms with van der Waals surface area (Å²) in [5.41, 5.74) is 7.57. The molecule has 28 heavy (non-hydrogen) atoms. The highest BCUT2D eigenvalue weighted by molar-refractivity contribution is 5.82. The fraction of sp³-hybridized carbons (Fsp3) is 0.417. The second kappa shape index (κ2) is 7.42. The van der Waals surface area contributed by atoms with Gasteiger partial charge in [0, 0.05) is 24.3 Å². The lowest BCUT2D eigenvalue weighted by atomic mass is 10.0. The molecule has 1 saturated heterocycles. The van der Waals surface area contributed by atoms with Crippen molar-refractivity contribution in [2.24, 2.45) is 0 Å². The standard InChI is InChI=1S/C24H29N3O/c1-16-10-11-20(14-18(16)3)23-21(27-13-7-8-17(2)24(27)25-23)15-22(28)26-12-6-5-9-19(26)4/h7-8,10-11,13-14,19H,5-6,9,12,15H2,1-4H3. The van der Waals surface area contributed by atoms with Gasteiger partial charge in [-0.25, -0.2) is 4.98 Å². The van der Waals surface area contributed by atoms with Crippen LogP contribution >= 0.6 is 0 Å². The van der Waals surface area contributed by atoms with E-state index in [2.05, 4.69) is 61.3 Å². The van der Waals surface area contributed by atoms with Gasteiger partial charge in [0.1, 0.15) is 5.65 Å². The Kier molecular flexibility index (Phi) is 4.96. The van der Waals surface area contributed by atoms with E-state index in [1.54, 1.807) is 0 Å². The summed E-state index contributed by atoms with van der Waals surface area (Å²) in [6, 6.07) is 10.9. The second-order valence-electron chi connectivity index (χ2n) is 8.20. The van der Waals surface area contributed by atoms with Crippen LogP contribution < -0.4 is 0 Å². The van der Waals surface area contributed by atoms with Gasteiger partial charge in [-0.2, -0.15) is 0 Å². The molecule has 0 N–H and O–H groups in total. The molecule has 3 heterocycles. The van der Waals surface area contributed by atoms with Gasteiger partial charge in [-0.3, -0.25) is 4.79 Å². The van der Waals surface area contributed by atoms with Crippen molar-refractivity contribution in [2.45, 2.75) is 59.4 Å². The van der Waals surface area contributed by atoms with E-state index in [-0.39, 0.29) is 5.91 Å². The van der Waals surface area contributed by atoms with E-state index in [1.165, 1.54) is 17.5 Å². The molecular weight excluding hydrogens is 346 g/mol. The van der Waals surface area contributed by atoms with Crippen LogP contribution in [0.15, 0.2) is 36.5 Å². The average molecular weight is 376 g/mol. The van der Waals surface area contributed by atoms with Crippen LogP contribution in [0.25, 0.3) is 16.9 Å². The molecule has 0 saturated carbocycles. The number of hydrogen-bond donors (Lipinski definition) is 0. The van der Waals surface area contributed by atoms with Crippen molar-refractivity contribution in [1.82, 2.24) is 14.3 Å². The zero-order chi connectivity index (χ0) is 19.8. The van der Waals surface area contributed by atoms with Crippen LogP contribution in [-0.2, 0) is 11.2 Å². The molecule has 3 aromatic rings. The summed E-state index contributed by atoms with van der Waals surface area (Å²) in [4.78, 5) is 20.2. The summed E-state index contributed by atoms with van der Waals surface area (Å²) >= 11 is 0. The summed E-state index contributed by atoms with van der Waals surface area (Å²) in [6.45, 7) is 9.36. The number of rotatable bonds is 3. The van der Waals surface area contributed by atoms with Crippen molar-refractivity contribution in [2.75, 3.05) is 6.54 Å². The van der Waals surface area contributed by atoms with Crippen molar-refractivity contribution in [3.63, 3.8) is 0 Å². The van der Waals surface area contributed by atoms with Gasteiger partial charge >= 0.3 is 0 Å². The SMILES string of the molecule is Cc1ccc(-c2nc3c(C)cccn3c2CC(=O)N2CCCCC2C)cc1C. The maximum Gasteiger partial charge on any atom is 0.228 e. The number of fused-ring (bicyclic) bond motifs is 1. The van der Waals surface area contributed by atoms with Gasteiger partial charge in [-0.1, -0.05) is 18.2 Å². The number of piperidine rings is 1. The first-order chi connectivity index (χ1) is 13.5. The van der Waals surface area contributed by atoms with Crippen molar-refractivity contribution in [3.8, 4) is 11.3 Å². The molecule has 1 aliphatic rings. The maximum absolute atomic E-state index is 13.2. The third-order valence-corrected chi connectivity index (χ3v) is 6.17. The van der Waals surface area contributed by atoms with Gasteiger partial charge in [0.2, 0.25) is 5.91 Å². The fourth-order valence-electron chi connectivity index (χ4n) is 4.26. The molecule has 1 fully saturated rings. The number of aryl methyl sites for hydroxylation is 3. The predicted octanol–water partition coefficient (Wildman–Crippen LogP) is 4.87. The van der Waals surface area contributed by atoms with Gasteiger partial charge in [0.05, 0.1) is 17.8 Å². The molecule has 4 rings (SSSR count). The fourth-order valence-corrected chi connectivity index (χ4v) is 4.26. The van der Waals surface area contributed by atoms with E-state index < -0.39 is 0 Å². The first-order valence-electron chi connectivity index (χ1n) is 10.3. The Morgan fingerprint density at radius 1 is 1.11 bits per heavy atom. The topological polar surface area (TPSA) is 37.6 Å². The van der Waals surface area contributed by atoms with E-state index >= 15 is 0 Å². The zero-order valence-corrected chi connectivity index (χ0v) is 17.3. The van der Waals surface area contributed by atoms with Gasteiger partial charge < -0.3 is 9.30 Å². The molecule has 4 heteroatoms. The van der Waals surface area contributed by atoms with Gasteiger partial charge in [0.25, 0.3) is 0 Å². The Balaban J connectivity index is 1.80. The van der Waals surface area contributed by atoms with Crippen LogP contribution in [-0.4, -0.2) is 32.8 Å². The van der Waals surface area contributed by atoms with Gasteiger partial charge in [0.15, 0.2) is 0 Å². The van der Waals surface area contributed by atoms with E-state index in [0.29, 0.717) is 12.5 Å². The van der Waals surface area contributed by atoms with Crippen molar-refractivity contribution >= 4 is 11.6 Å². The van der Waals surface area contributed by atoms with Gasteiger partial charge in [-0.05, 0) is 75.8 Å². The lowest BCUT2D eigenvalue weighted by Gasteiger charge is -2.33. The van der Waals surface area contributed by atoms with Crippen LogP contribution in [0.3, 0.4) is 0 Å². The molecule has 1 unspecified atom stereocenters. The third kappa shape index (κ3) is 3.32. The lowest BCUT2D eigenvalue weighted by molar-refractivity contribution is -0.133. The molecular formula is C24H29N3O. The minimum Gasteiger partial charge on any atom is -0.340 e. The highest BCUT2D eigenvalue weighted by atomic mass is 16.2. The minimum absolute atomic E-state index is 0.209. The Morgan fingerprint density at radius 3 is 2.68 bits per heavy atom. The Labute approximate surface area is 167 Å². The lowest BCUT2D eigenvalue weighted by Crippen LogP contribution is -2.43. The van der Waals surface area contributed by atoms with Crippen molar-refractivity contribution < 1.29 is 4.79 Å². The highest BCUT2D eigenvalue weighted by Crippen LogP contribution is 2.29. The first kappa shape index (κ1) is 18.7. The molecule has 1 atom stereocenters. The maximum atomic E-state index is 13.2. The van der Waals surface area contributed by atoms with Crippen LogP contribution in [0.5, 0.6) is 0 Å². The molecule has 2 aromatic heterocycles. The number of hydrogen-bond acceptors (Lipinski definition) is 2. The molecule has 0 bridgehead atoms. The molecule has 1 aromatic carbocycles. The minimum atomic E-state index is 0.209. The largest absolute Gasteiger partial charge is 0.340 e. The molecule has 146 valence electrons. The number of aromatic nitrogens is 2. The average Bonchev–Trinajstić information content (AvgIpc) is 3.04. The zero-order valence-electron chi connectivity index (χ0n) is 17.3. The Bertz CT molecular complexity index is 1030. The number of likely N-dealkylation sites (tertiary alicyclic amines) is 1. The number of amides is 1. The molecule has 4 nitrogen and oxygen atoms in total. The summed E-state index contributed by atoms with van der Waals surface area (Å²) in [7, 11) is 0. The van der Waals surface area contributed by atoms with E-state index in [0.717, 1.165) is 47.5 Å². The Morgan fingerprint density at radius 2 is 1.93 bits per heavy atom.